The number of halogens is 1. The average molecular weight is 264 g/mol. The van der Waals surface area contributed by atoms with Crippen LogP contribution in [0.3, 0.4) is 0 Å². The van der Waals surface area contributed by atoms with Crippen LogP contribution in [0.5, 0.6) is 0 Å². The second-order valence-corrected chi connectivity index (χ2v) is 4.08. The monoisotopic (exact) mass is 264 g/mol. The summed E-state index contributed by atoms with van der Waals surface area (Å²) in [7, 11) is 1.22. The van der Waals surface area contributed by atoms with E-state index >= 15 is 0 Å². The summed E-state index contributed by atoms with van der Waals surface area (Å²) in [6, 6.07) is 6.54. The Morgan fingerprint density at radius 2 is 2.26 bits per heavy atom. The van der Waals surface area contributed by atoms with Crippen LogP contribution in [0.2, 0.25) is 0 Å². The molecule has 4 nitrogen and oxygen atoms in total. The first-order valence-electron chi connectivity index (χ1n) is 6.08. The number of methoxy groups -OCH3 is 1. The Labute approximate surface area is 112 Å². The van der Waals surface area contributed by atoms with Crippen LogP contribution in [-0.2, 0) is 11.3 Å². The largest absolute Gasteiger partial charge is 0.465 e. The minimum atomic E-state index is -0.680. The van der Waals surface area contributed by atoms with E-state index in [9.17, 15) is 9.18 Å². The lowest BCUT2D eigenvalue weighted by molar-refractivity contribution is 0.0595. The van der Waals surface area contributed by atoms with E-state index < -0.39 is 11.8 Å². The van der Waals surface area contributed by atoms with Crippen LogP contribution in [0.4, 0.5) is 4.39 Å². The van der Waals surface area contributed by atoms with Crippen molar-refractivity contribution in [1.29, 1.82) is 5.26 Å². The highest BCUT2D eigenvalue weighted by Crippen LogP contribution is 2.13. The highest BCUT2D eigenvalue weighted by molar-refractivity contribution is 5.89. The highest BCUT2D eigenvalue weighted by atomic mass is 19.1. The lowest BCUT2D eigenvalue weighted by Crippen LogP contribution is -2.24. The van der Waals surface area contributed by atoms with Gasteiger partial charge in [0.15, 0.2) is 0 Å². The number of benzene rings is 1. The first-order chi connectivity index (χ1) is 9.12. The first-order valence-corrected chi connectivity index (χ1v) is 6.08. The summed E-state index contributed by atoms with van der Waals surface area (Å²) in [5.41, 5.74) is 0.705. The Balaban J connectivity index is 2.77. The van der Waals surface area contributed by atoms with Gasteiger partial charge in [0.05, 0.1) is 18.7 Å². The maximum Gasteiger partial charge on any atom is 0.340 e. The Bertz CT molecular complexity index is 483. The molecule has 1 rings (SSSR count). The normalized spacial score (nSPS) is 10.3. The molecular formula is C14H17FN2O2. The molecule has 0 amide bonds. The van der Waals surface area contributed by atoms with Crippen LogP contribution in [-0.4, -0.2) is 31.1 Å². The van der Waals surface area contributed by atoms with Gasteiger partial charge >= 0.3 is 5.97 Å². The topological polar surface area (TPSA) is 53.3 Å². The van der Waals surface area contributed by atoms with Crippen LogP contribution < -0.4 is 0 Å². The van der Waals surface area contributed by atoms with Crippen molar-refractivity contribution in [2.24, 2.45) is 0 Å². The van der Waals surface area contributed by atoms with Crippen LogP contribution in [0.1, 0.15) is 29.3 Å². The summed E-state index contributed by atoms with van der Waals surface area (Å²) >= 11 is 0. The molecule has 0 bridgehead atoms. The third-order valence-corrected chi connectivity index (χ3v) is 2.83. The first kappa shape index (κ1) is 15.1. The zero-order valence-corrected chi connectivity index (χ0v) is 11.1. The molecule has 0 unspecified atom stereocenters. The average Bonchev–Trinajstić information content (AvgIpc) is 2.42. The predicted molar refractivity (Wildman–Crippen MR) is 68.9 cm³/mol. The van der Waals surface area contributed by atoms with E-state index in [1.807, 2.05) is 11.8 Å². The molecule has 1 aromatic carbocycles. The van der Waals surface area contributed by atoms with Gasteiger partial charge in [0.1, 0.15) is 5.82 Å². The van der Waals surface area contributed by atoms with Crippen molar-refractivity contribution in [2.45, 2.75) is 19.9 Å². The maximum absolute atomic E-state index is 13.7. The van der Waals surface area contributed by atoms with Crippen molar-refractivity contribution in [3.63, 3.8) is 0 Å². The van der Waals surface area contributed by atoms with Crippen molar-refractivity contribution >= 4 is 5.97 Å². The molecule has 0 aliphatic carbocycles. The van der Waals surface area contributed by atoms with Gasteiger partial charge in [0.25, 0.3) is 0 Å². The van der Waals surface area contributed by atoms with E-state index in [0.29, 0.717) is 19.5 Å². The molecule has 1 aromatic rings. The zero-order valence-electron chi connectivity index (χ0n) is 11.1. The van der Waals surface area contributed by atoms with Gasteiger partial charge in [-0.25, -0.2) is 9.18 Å². The Morgan fingerprint density at radius 1 is 1.53 bits per heavy atom. The van der Waals surface area contributed by atoms with E-state index in [4.69, 9.17) is 5.26 Å². The molecule has 0 radical (unpaired) electrons. The molecule has 0 atom stereocenters. The number of hydrogen-bond acceptors (Lipinski definition) is 4. The molecule has 0 fully saturated rings. The van der Waals surface area contributed by atoms with Crippen LogP contribution in [0, 0.1) is 17.1 Å². The molecule has 0 spiro atoms. The number of nitriles is 1. The molecule has 0 aliphatic heterocycles. The van der Waals surface area contributed by atoms with Crippen molar-refractivity contribution in [2.75, 3.05) is 20.2 Å². The quantitative estimate of drug-likeness (QED) is 0.740. The molecule has 0 N–H and O–H groups in total. The van der Waals surface area contributed by atoms with Crippen molar-refractivity contribution in [1.82, 2.24) is 4.90 Å². The Morgan fingerprint density at radius 3 is 2.79 bits per heavy atom. The summed E-state index contributed by atoms with van der Waals surface area (Å²) < 4.78 is 18.2. The van der Waals surface area contributed by atoms with Gasteiger partial charge in [0.2, 0.25) is 0 Å². The molecule has 5 heteroatoms. The van der Waals surface area contributed by atoms with E-state index in [1.54, 1.807) is 6.07 Å². The SMILES string of the molecule is CCN(CCC#N)Cc1ccc(C(=O)OC)c(F)c1. The second kappa shape index (κ2) is 7.49. The van der Waals surface area contributed by atoms with E-state index in [1.165, 1.54) is 19.2 Å². The summed E-state index contributed by atoms with van der Waals surface area (Å²) in [6.07, 6.45) is 0.441. The number of esters is 1. The third kappa shape index (κ3) is 4.34. The standard InChI is InChI=1S/C14H17FN2O2/c1-3-17(8-4-7-16)10-11-5-6-12(13(15)9-11)14(18)19-2/h5-6,9H,3-4,8,10H2,1-2H3. The maximum atomic E-state index is 13.7. The van der Waals surface area contributed by atoms with Gasteiger partial charge in [-0.2, -0.15) is 5.26 Å². The molecule has 0 heterocycles. The highest BCUT2D eigenvalue weighted by Gasteiger charge is 2.13. The number of ether oxygens (including phenoxy) is 1. The fourth-order valence-corrected chi connectivity index (χ4v) is 1.75. The molecule has 0 saturated carbocycles. The van der Waals surface area contributed by atoms with E-state index in [-0.39, 0.29) is 5.56 Å². The lowest BCUT2D eigenvalue weighted by Gasteiger charge is -2.19. The number of hydrogen-bond donors (Lipinski definition) is 0. The fraction of sp³-hybridized carbons (Fsp3) is 0.429. The lowest BCUT2D eigenvalue weighted by atomic mass is 10.1. The van der Waals surface area contributed by atoms with Crippen LogP contribution in [0.15, 0.2) is 18.2 Å². The smallest absolute Gasteiger partial charge is 0.340 e. The summed E-state index contributed by atoms with van der Waals surface area (Å²) in [6.45, 7) is 3.96. The summed E-state index contributed by atoms with van der Waals surface area (Å²) in [5, 5.41) is 8.56. The fourth-order valence-electron chi connectivity index (χ4n) is 1.75. The number of rotatable bonds is 6. The third-order valence-electron chi connectivity index (χ3n) is 2.83. The molecule has 102 valence electrons. The Hall–Kier alpha value is -1.93. The van der Waals surface area contributed by atoms with Gasteiger partial charge in [-0.15, -0.1) is 0 Å². The minimum Gasteiger partial charge on any atom is -0.465 e. The van der Waals surface area contributed by atoms with Gasteiger partial charge in [0, 0.05) is 19.5 Å². The minimum absolute atomic E-state index is 0.0636. The molecule has 0 saturated heterocycles. The molecule has 0 aromatic heterocycles. The summed E-state index contributed by atoms with van der Waals surface area (Å²) in [5.74, 6) is -1.26. The number of nitrogens with zero attached hydrogens (tertiary/aromatic N) is 2. The van der Waals surface area contributed by atoms with Gasteiger partial charge < -0.3 is 4.74 Å². The Kier molecular flexibility index (Phi) is 5.97. The van der Waals surface area contributed by atoms with Crippen molar-refractivity contribution in [3.05, 3.63) is 35.1 Å². The van der Waals surface area contributed by atoms with Crippen molar-refractivity contribution < 1.29 is 13.9 Å². The predicted octanol–water partition coefficient (Wildman–Crippen LogP) is 2.35. The van der Waals surface area contributed by atoms with Crippen LogP contribution in [0.25, 0.3) is 0 Å². The van der Waals surface area contributed by atoms with E-state index in [0.717, 1.165) is 12.1 Å². The summed E-state index contributed by atoms with van der Waals surface area (Å²) in [4.78, 5) is 13.3. The molecular weight excluding hydrogens is 247 g/mol. The van der Waals surface area contributed by atoms with Crippen LogP contribution >= 0.6 is 0 Å². The number of carbonyl (C=O) groups is 1. The van der Waals surface area contributed by atoms with Gasteiger partial charge in [-0.1, -0.05) is 13.0 Å². The van der Waals surface area contributed by atoms with Gasteiger partial charge in [-0.05, 0) is 24.2 Å². The van der Waals surface area contributed by atoms with Crippen molar-refractivity contribution in [3.8, 4) is 6.07 Å². The second-order valence-electron chi connectivity index (χ2n) is 4.08. The molecule has 0 aliphatic rings. The number of carbonyl (C=O) groups excluding carboxylic acids is 1. The zero-order chi connectivity index (χ0) is 14.3. The van der Waals surface area contributed by atoms with E-state index in [2.05, 4.69) is 10.8 Å². The van der Waals surface area contributed by atoms with Gasteiger partial charge in [-0.3, -0.25) is 4.90 Å². The molecule has 19 heavy (non-hydrogen) atoms.